The lowest BCUT2D eigenvalue weighted by Crippen LogP contribution is -2.29. The monoisotopic (exact) mass is 286 g/mol. The molecule has 1 aliphatic rings. The summed E-state index contributed by atoms with van der Waals surface area (Å²) in [6, 6.07) is -0.597. The van der Waals surface area contributed by atoms with Gasteiger partial charge in [0.25, 0.3) is 0 Å². The fourth-order valence-corrected chi connectivity index (χ4v) is 1.71. The van der Waals surface area contributed by atoms with Gasteiger partial charge in [0.15, 0.2) is 0 Å². The van der Waals surface area contributed by atoms with Crippen LogP contribution in [0.2, 0.25) is 0 Å². The molecule has 0 saturated heterocycles. The summed E-state index contributed by atoms with van der Waals surface area (Å²) in [6.45, 7) is 0. The lowest BCUT2D eigenvalue weighted by Gasteiger charge is -2.16. The molecule has 0 bridgehead atoms. The summed E-state index contributed by atoms with van der Waals surface area (Å²) < 4.78 is 66.1. The molecule has 1 rings (SSSR count). The van der Waals surface area contributed by atoms with E-state index >= 15 is 0 Å². The van der Waals surface area contributed by atoms with Crippen LogP contribution in [0.25, 0.3) is 0 Å². The van der Waals surface area contributed by atoms with Crippen LogP contribution >= 0.6 is 0 Å². The minimum absolute atomic E-state index is 0.430. The fourth-order valence-electron chi connectivity index (χ4n) is 1.20. The number of alkyl halides is 3. The van der Waals surface area contributed by atoms with E-state index in [1.807, 2.05) is 0 Å². The van der Waals surface area contributed by atoms with Gasteiger partial charge in [0, 0.05) is 20.5 Å². The van der Waals surface area contributed by atoms with Crippen LogP contribution in [0.1, 0.15) is 19.3 Å². The maximum atomic E-state index is 12.2. The van der Waals surface area contributed by atoms with Crippen molar-refractivity contribution in [2.45, 2.75) is 24.8 Å². The molecular formula is C9H13F3N2O3S. The number of rotatable bonds is 2. The van der Waals surface area contributed by atoms with Crippen molar-refractivity contribution in [3.05, 3.63) is 11.8 Å². The van der Waals surface area contributed by atoms with Gasteiger partial charge in [0.1, 0.15) is 5.76 Å². The molecular weight excluding hydrogens is 273 g/mol. The molecule has 9 heteroatoms. The lowest BCUT2D eigenvalue weighted by atomic mass is 10.4. The molecule has 0 radical (unpaired) electrons. The van der Waals surface area contributed by atoms with Gasteiger partial charge in [-0.05, 0) is 18.9 Å². The predicted octanol–water partition coefficient (Wildman–Crippen LogP) is 1.84. The van der Waals surface area contributed by atoms with E-state index in [4.69, 9.17) is 4.74 Å². The topological polar surface area (TPSA) is 59.0 Å². The van der Waals surface area contributed by atoms with Crippen LogP contribution in [0, 0.1) is 0 Å². The summed E-state index contributed by atoms with van der Waals surface area (Å²) in [5, 5.41) is 0. The largest absolute Gasteiger partial charge is 0.518 e. The fraction of sp³-hybridized carbons (Fsp3) is 0.667. The van der Waals surface area contributed by atoms with E-state index in [1.165, 1.54) is 14.1 Å². The Balaban J connectivity index is 2.98. The van der Waals surface area contributed by atoms with Crippen molar-refractivity contribution in [1.82, 2.24) is 4.90 Å². The normalized spacial score (nSPS) is 17.6. The first-order chi connectivity index (χ1) is 8.13. The Labute approximate surface area is 103 Å². The molecule has 0 aromatic rings. The molecule has 5 nitrogen and oxygen atoms in total. The van der Waals surface area contributed by atoms with Crippen molar-refractivity contribution in [1.29, 1.82) is 0 Å². The van der Waals surface area contributed by atoms with Crippen LogP contribution in [0.5, 0.6) is 0 Å². The summed E-state index contributed by atoms with van der Waals surface area (Å²) in [5.41, 5.74) is -5.43. The summed E-state index contributed by atoms with van der Waals surface area (Å²) in [4.78, 5) is 1.07. The molecule has 0 aromatic carbocycles. The van der Waals surface area contributed by atoms with E-state index in [9.17, 15) is 21.6 Å². The Morgan fingerprint density at radius 3 is 2.44 bits per heavy atom. The van der Waals surface area contributed by atoms with Gasteiger partial charge in [-0.3, -0.25) is 0 Å². The maximum Gasteiger partial charge on any atom is 0.518 e. The first-order valence-corrected chi connectivity index (χ1v) is 6.53. The highest BCUT2D eigenvalue weighted by Gasteiger charge is 2.46. The van der Waals surface area contributed by atoms with Gasteiger partial charge in [-0.25, -0.2) is 0 Å². The standard InChI is InChI=1S/C9H13F3N2O3S/c1-14(2)8(17-7-5-3-4-6-7)13-18(15,16)9(10,11)12/h5H,3-4,6H2,1-2H3/b13-8+. The third-order valence-electron chi connectivity index (χ3n) is 2.10. The molecule has 1 aliphatic carbocycles. The average molecular weight is 286 g/mol. The van der Waals surface area contributed by atoms with Crippen LogP contribution in [-0.2, 0) is 14.8 Å². The zero-order valence-corrected chi connectivity index (χ0v) is 10.7. The van der Waals surface area contributed by atoms with Crippen LogP contribution in [0.3, 0.4) is 0 Å². The summed E-state index contributed by atoms with van der Waals surface area (Å²) in [7, 11) is -2.89. The smallest absolute Gasteiger partial charge is 0.430 e. The highest BCUT2D eigenvalue weighted by molar-refractivity contribution is 7.91. The van der Waals surface area contributed by atoms with Crippen LogP contribution in [-0.4, -0.2) is 38.9 Å². The number of ether oxygens (including phenoxy) is 1. The van der Waals surface area contributed by atoms with E-state index in [-0.39, 0.29) is 0 Å². The number of hydrogen-bond acceptors (Lipinski definition) is 3. The van der Waals surface area contributed by atoms with Crippen molar-refractivity contribution in [2.75, 3.05) is 14.1 Å². The molecule has 0 saturated carbocycles. The molecule has 0 unspecified atom stereocenters. The third-order valence-corrected chi connectivity index (χ3v) is 3.08. The predicted molar refractivity (Wildman–Crippen MR) is 59.1 cm³/mol. The van der Waals surface area contributed by atoms with Crippen molar-refractivity contribution in [2.24, 2.45) is 4.40 Å². The first-order valence-electron chi connectivity index (χ1n) is 5.09. The van der Waals surface area contributed by atoms with Crippen molar-refractivity contribution >= 4 is 16.0 Å². The zero-order chi connectivity index (χ0) is 14.0. The lowest BCUT2D eigenvalue weighted by molar-refractivity contribution is -0.0436. The quantitative estimate of drug-likeness (QED) is 0.574. The Morgan fingerprint density at radius 1 is 1.44 bits per heavy atom. The zero-order valence-electron chi connectivity index (χ0n) is 9.86. The highest BCUT2D eigenvalue weighted by Crippen LogP contribution is 2.26. The van der Waals surface area contributed by atoms with Crippen LogP contribution in [0.4, 0.5) is 13.2 Å². The maximum absolute atomic E-state index is 12.2. The summed E-state index contributed by atoms with van der Waals surface area (Å²) in [6.07, 6.45) is 3.82. The van der Waals surface area contributed by atoms with Gasteiger partial charge in [0.2, 0.25) is 0 Å². The molecule has 0 aromatic heterocycles. The van der Waals surface area contributed by atoms with Crippen molar-refractivity contribution in [3.8, 4) is 0 Å². The molecule has 18 heavy (non-hydrogen) atoms. The Kier molecular flexibility index (Phi) is 4.25. The molecule has 0 fully saturated rings. The number of nitrogens with zero attached hydrogens (tertiary/aromatic N) is 2. The second kappa shape index (κ2) is 5.17. The molecule has 0 spiro atoms. The second-order valence-electron chi connectivity index (χ2n) is 3.85. The molecule has 0 N–H and O–H groups in total. The average Bonchev–Trinajstić information content (AvgIpc) is 2.67. The number of sulfonamides is 1. The first kappa shape index (κ1) is 14.8. The van der Waals surface area contributed by atoms with Crippen LogP contribution < -0.4 is 0 Å². The third kappa shape index (κ3) is 3.62. The molecule has 0 aliphatic heterocycles. The van der Waals surface area contributed by atoms with E-state index in [1.54, 1.807) is 6.08 Å². The van der Waals surface area contributed by atoms with Gasteiger partial charge in [-0.2, -0.15) is 21.6 Å². The van der Waals surface area contributed by atoms with Gasteiger partial charge in [-0.15, -0.1) is 4.40 Å². The van der Waals surface area contributed by atoms with Gasteiger partial charge >= 0.3 is 21.6 Å². The van der Waals surface area contributed by atoms with Crippen molar-refractivity contribution in [3.63, 3.8) is 0 Å². The molecule has 0 atom stereocenters. The van der Waals surface area contributed by atoms with Crippen LogP contribution in [0.15, 0.2) is 16.2 Å². The van der Waals surface area contributed by atoms with E-state index < -0.39 is 21.6 Å². The Bertz CT molecular complexity index is 466. The van der Waals surface area contributed by atoms with Gasteiger partial charge in [-0.1, -0.05) is 0 Å². The number of allylic oxidation sites excluding steroid dienone is 2. The minimum Gasteiger partial charge on any atom is -0.430 e. The van der Waals surface area contributed by atoms with E-state index in [2.05, 4.69) is 4.40 Å². The summed E-state index contributed by atoms with van der Waals surface area (Å²) in [5.74, 6) is 0.430. The highest BCUT2D eigenvalue weighted by atomic mass is 32.2. The molecule has 104 valence electrons. The number of hydrogen-bond donors (Lipinski definition) is 0. The number of amidine groups is 1. The SMILES string of the molecule is CN(C)/C(=N\S(=O)(=O)C(F)(F)F)OC1=CCCC1. The van der Waals surface area contributed by atoms with E-state index in [0.29, 0.717) is 12.2 Å². The van der Waals surface area contributed by atoms with Crippen molar-refractivity contribution < 1.29 is 26.3 Å². The minimum atomic E-state index is -5.59. The number of halogens is 3. The second-order valence-corrected chi connectivity index (χ2v) is 5.45. The molecule has 0 heterocycles. The van der Waals surface area contributed by atoms with Gasteiger partial charge < -0.3 is 9.64 Å². The molecule has 0 amide bonds. The van der Waals surface area contributed by atoms with Gasteiger partial charge in [0.05, 0.1) is 0 Å². The Hall–Kier alpha value is -1.25. The Morgan fingerprint density at radius 2 is 2.06 bits per heavy atom. The van der Waals surface area contributed by atoms with E-state index in [0.717, 1.165) is 17.7 Å². The summed E-state index contributed by atoms with van der Waals surface area (Å²) >= 11 is 0.